The first-order chi connectivity index (χ1) is 14.4. The number of hydrogen-bond acceptors (Lipinski definition) is 6. The second kappa shape index (κ2) is 8.85. The van der Waals surface area contributed by atoms with Gasteiger partial charge in [-0.1, -0.05) is 27.2 Å². The first-order valence-electron chi connectivity index (χ1n) is 10.1. The third kappa shape index (κ3) is 4.57. The number of rotatable bonds is 4. The number of benzene rings is 1. The molecule has 2 aliphatic rings. The Kier molecular flexibility index (Phi) is 6.19. The van der Waals surface area contributed by atoms with Crippen molar-refractivity contribution in [3.05, 3.63) is 51.0 Å². The van der Waals surface area contributed by atoms with Crippen LogP contribution in [0.1, 0.15) is 54.2 Å². The Morgan fingerprint density at radius 2 is 2.07 bits per heavy atom. The van der Waals surface area contributed by atoms with Gasteiger partial charge in [0.2, 0.25) is 5.95 Å². The van der Waals surface area contributed by atoms with Crippen molar-refractivity contribution in [1.29, 1.82) is 0 Å². The van der Waals surface area contributed by atoms with E-state index in [0.29, 0.717) is 29.3 Å². The standard InChI is InChI=1S/C21H25BrFN5O2/c1-11-19-18(27-21(24)25-11)9-17(15-7-4-13(23)8-16(15)22)26-20(19)28-30-10-12-2-5-14(29)6-3-12/h4,7-8,12,14,17,29H,2-3,5-6,9-10H2,1H3,(H,26,28)(H2,24,25,27). The number of amidine groups is 1. The van der Waals surface area contributed by atoms with Gasteiger partial charge in [-0.3, -0.25) is 0 Å². The Bertz CT molecular complexity index is 963. The Balaban J connectivity index is 1.59. The molecular formula is C21H25BrFN5O2. The molecular weight excluding hydrogens is 453 g/mol. The third-order valence-electron chi connectivity index (χ3n) is 5.75. The molecule has 7 nitrogen and oxygen atoms in total. The minimum Gasteiger partial charge on any atom is -0.394 e. The largest absolute Gasteiger partial charge is 0.394 e. The molecule has 2 aromatic rings. The van der Waals surface area contributed by atoms with Crippen molar-refractivity contribution in [3.8, 4) is 0 Å². The molecule has 0 bridgehead atoms. The van der Waals surface area contributed by atoms with E-state index < -0.39 is 0 Å². The Labute approximate surface area is 183 Å². The SMILES string of the molecule is Cc1nc(N)nc2c1C(=NOCC1CCC(O)CC1)NC(c1ccc(F)cc1Br)C2. The van der Waals surface area contributed by atoms with Crippen molar-refractivity contribution in [2.45, 2.75) is 51.2 Å². The molecule has 4 N–H and O–H groups in total. The van der Waals surface area contributed by atoms with Crippen LogP contribution in [0.3, 0.4) is 0 Å². The summed E-state index contributed by atoms with van der Waals surface area (Å²) in [5.74, 6) is 0.836. The van der Waals surface area contributed by atoms with Crippen LogP contribution in [0.5, 0.6) is 0 Å². The van der Waals surface area contributed by atoms with Crippen LogP contribution in [0.4, 0.5) is 10.3 Å². The summed E-state index contributed by atoms with van der Waals surface area (Å²) in [6.45, 7) is 2.36. The summed E-state index contributed by atoms with van der Waals surface area (Å²) in [5.41, 5.74) is 9.07. The second-order valence-electron chi connectivity index (χ2n) is 7.97. The normalized spacial score (nSPS) is 24.9. The molecule has 4 rings (SSSR count). The van der Waals surface area contributed by atoms with Crippen molar-refractivity contribution in [2.75, 3.05) is 12.3 Å². The van der Waals surface area contributed by atoms with E-state index >= 15 is 0 Å². The average molecular weight is 478 g/mol. The number of nitrogens with two attached hydrogens (primary N) is 1. The van der Waals surface area contributed by atoms with Gasteiger partial charge in [0.05, 0.1) is 29.1 Å². The fraction of sp³-hybridized carbons (Fsp3) is 0.476. The lowest BCUT2D eigenvalue weighted by atomic mass is 9.88. The maximum Gasteiger partial charge on any atom is 0.220 e. The monoisotopic (exact) mass is 477 g/mol. The number of oxime groups is 1. The molecule has 1 unspecified atom stereocenters. The zero-order valence-electron chi connectivity index (χ0n) is 16.7. The van der Waals surface area contributed by atoms with E-state index in [1.807, 2.05) is 6.92 Å². The number of fused-ring (bicyclic) bond motifs is 1. The van der Waals surface area contributed by atoms with E-state index in [0.717, 1.165) is 48.2 Å². The predicted molar refractivity (Wildman–Crippen MR) is 115 cm³/mol. The number of nitrogens with one attached hydrogen (secondary N) is 1. The van der Waals surface area contributed by atoms with E-state index in [9.17, 15) is 9.50 Å². The topological polar surface area (TPSA) is 106 Å². The first kappa shape index (κ1) is 21.0. The molecule has 1 aromatic heterocycles. The number of halogens is 2. The summed E-state index contributed by atoms with van der Waals surface area (Å²) < 4.78 is 14.2. The second-order valence-corrected chi connectivity index (χ2v) is 8.82. The van der Waals surface area contributed by atoms with Crippen molar-refractivity contribution >= 4 is 27.7 Å². The molecule has 1 aliphatic heterocycles. The van der Waals surface area contributed by atoms with Gasteiger partial charge in [-0.2, -0.15) is 0 Å². The predicted octanol–water partition coefficient (Wildman–Crippen LogP) is 3.39. The highest BCUT2D eigenvalue weighted by Crippen LogP contribution is 2.32. The number of anilines is 1. The van der Waals surface area contributed by atoms with Crippen molar-refractivity contribution in [2.24, 2.45) is 11.1 Å². The van der Waals surface area contributed by atoms with Crippen molar-refractivity contribution < 1.29 is 14.3 Å². The Morgan fingerprint density at radius 1 is 1.30 bits per heavy atom. The zero-order valence-corrected chi connectivity index (χ0v) is 18.3. The molecule has 1 saturated carbocycles. The lowest BCUT2D eigenvalue weighted by Gasteiger charge is -2.29. The van der Waals surface area contributed by atoms with Gasteiger partial charge in [0.25, 0.3) is 0 Å². The van der Waals surface area contributed by atoms with Gasteiger partial charge in [-0.25, -0.2) is 14.4 Å². The van der Waals surface area contributed by atoms with Crippen LogP contribution in [0.15, 0.2) is 27.8 Å². The summed E-state index contributed by atoms with van der Waals surface area (Å²) >= 11 is 3.45. The highest BCUT2D eigenvalue weighted by molar-refractivity contribution is 9.10. The van der Waals surface area contributed by atoms with Crippen LogP contribution < -0.4 is 11.1 Å². The van der Waals surface area contributed by atoms with Crippen LogP contribution in [-0.4, -0.2) is 33.6 Å². The number of aromatic nitrogens is 2. The van der Waals surface area contributed by atoms with E-state index in [-0.39, 0.29) is 23.9 Å². The van der Waals surface area contributed by atoms with Gasteiger partial charge in [0.1, 0.15) is 12.4 Å². The molecule has 2 heterocycles. The summed E-state index contributed by atoms with van der Waals surface area (Å²) in [5, 5.41) is 17.5. The minimum absolute atomic E-state index is 0.173. The molecule has 0 saturated heterocycles. The first-order valence-corrected chi connectivity index (χ1v) is 10.9. The summed E-state index contributed by atoms with van der Waals surface area (Å²) in [7, 11) is 0. The van der Waals surface area contributed by atoms with Crippen LogP contribution in [0, 0.1) is 18.7 Å². The summed E-state index contributed by atoms with van der Waals surface area (Å²) in [6.07, 6.45) is 3.84. The Morgan fingerprint density at radius 3 is 2.80 bits per heavy atom. The Hall–Kier alpha value is -2.26. The smallest absolute Gasteiger partial charge is 0.220 e. The molecule has 1 fully saturated rings. The molecule has 1 aromatic carbocycles. The molecule has 160 valence electrons. The van der Waals surface area contributed by atoms with Crippen LogP contribution >= 0.6 is 15.9 Å². The molecule has 0 spiro atoms. The zero-order chi connectivity index (χ0) is 21.3. The lowest BCUT2D eigenvalue weighted by Crippen LogP contribution is -2.38. The number of nitrogen functional groups attached to an aromatic ring is 1. The maximum atomic E-state index is 13.6. The third-order valence-corrected chi connectivity index (χ3v) is 6.43. The van der Waals surface area contributed by atoms with E-state index in [4.69, 9.17) is 10.6 Å². The highest BCUT2D eigenvalue weighted by Gasteiger charge is 2.30. The van der Waals surface area contributed by atoms with Crippen molar-refractivity contribution in [1.82, 2.24) is 15.3 Å². The molecule has 1 aliphatic carbocycles. The van der Waals surface area contributed by atoms with E-state index in [1.54, 1.807) is 6.07 Å². The van der Waals surface area contributed by atoms with Gasteiger partial charge in [-0.05, 0) is 56.2 Å². The van der Waals surface area contributed by atoms with Crippen LogP contribution in [0.2, 0.25) is 0 Å². The average Bonchev–Trinajstić information content (AvgIpc) is 2.68. The van der Waals surface area contributed by atoms with Gasteiger partial charge >= 0.3 is 0 Å². The van der Waals surface area contributed by atoms with E-state index in [2.05, 4.69) is 36.4 Å². The highest BCUT2D eigenvalue weighted by atomic mass is 79.9. The van der Waals surface area contributed by atoms with Gasteiger partial charge in [-0.15, -0.1) is 0 Å². The number of aryl methyl sites for hydroxylation is 1. The lowest BCUT2D eigenvalue weighted by molar-refractivity contribution is 0.0538. The molecule has 1 atom stereocenters. The van der Waals surface area contributed by atoms with E-state index in [1.165, 1.54) is 12.1 Å². The number of nitrogens with zero attached hydrogens (tertiary/aromatic N) is 3. The quantitative estimate of drug-likeness (QED) is 0.582. The van der Waals surface area contributed by atoms with Gasteiger partial charge < -0.3 is 21.0 Å². The van der Waals surface area contributed by atoms with Crippen LogP contribution in [0.25, 0.3) is 0 Å². The maximum absolute atomic E-state index is 13.6. The summed E-state index contributed by atoms with van der Waals surface area (Å²) in [4.78, 5) is 14.4. The molecule has 9 heteroatoms. The summed E-state index contributed by atoms with van der Waals surface area (Å²) in [6, 6.07) is 4.44. The minimum atomic E-state index is -0.306. The van der Waals surface area contributed by atoms with Gasteiger partial charge in [0.15, 0.2) is 5.84 Å². The molecule has 0 amide bonds. The fourth-order valence-electron chi connectivity index (χ4n) is 4.16. The molecule has 0 radical (unpaired) electrons. The van der Waals surface area contributed by atoms with Gasteiger partial charge in [0, 0.05) is 10.9 Å². The number of aliphatic hydroxyl groups excluding tert-OH is 1. The molecule has 30 heavy (non-hydrogen) atoms. The number of hydrogen-bond donors (Lipinski definition) is 3. The van der Waals surface area contributed by atoms with Crippen molar-refractivity contribution in [3.63, 3.8) is 0 Å². The number of aliphatic hydroxyl groups is 1. The van der Waals surface area contributed by atoms with Crippen LogP contribution in [-0.2, 0) is 11.3 Å². The fourth-order valence-corrected chi connectivity index (χ4v) is 4.78.